The summed E-state index contributed by atoms with van der Waals surface area (Å²) in [5.41, 5.74) is 7.20. The van der Waals surface area contributed by atoms with Crippen LogP contribution in [0.2, 0.25) is 0 Å². The maximum Gasteiger partial charge on any atom is 0.410 e. The van der Waals surface area contributed by atoms with Gasteiger partial charge in [0.1, 0.15) is 47.6 Å². The number of likely N-dealkylation sites (tertiary alicyclic amines) is 2. The van der Waals surface area contributed by atoms with Crippen LogP contribution in [0, 0.1) is 5.92 Å². The third-order valence-electron chi connectivity index (χ3n) is 15.9. The standard InChI is InChI=1S/C63H70N10O14/c1-34(2)54(69-59(77)87-63(6,7)8)57(75)73-31-44(85-61(79)71-28-41-19-51-52(83-33-82-51)20-42(41)29-71)22-48(73)56-65-24-46(68-56)38-15-11-36(12-16-38)35-9-13-37(14-10-35)45-23-64-55(67-45)47-21-43(30-72(47)53(74)25-66-58(76)86-62(3,4)5)84-60(78)70-26-39-17-49-50(81-32-80-49)18-40(39)27-70/h9-20,23-24,34,43-44,47-48,54H,21-22,25-33H2,1-8H3,(H,64,67)(H,65,68)(H,66,76)(H,69,77)/t43-,44-,47+,48+,54?/m1/s1. The van der Waals surface area contributed by atoms with Gasteiger partial charge in [-0.25, -0.2) is 29.1 Å². The van der Waals surface area contributed by atoms with Gasteiger partial charge >= 0.3 is 24.4 Å². The van der Waals surface area contributed by atoms with Gasteiger partial charge in [-0.15, -0.1) is 0 Å². The summed E-state index contributed by atoms with van der Waals surface area (Å²) in [6.45, 7) is 15.6. The van der Waals surface area contributed by atoms with Crippen molar-refractivity contribution in [2.75, 3.05) is 33.2 Å². The van der Waals surface area contributed by atoms with Crippen molar-refractivity contribution in [2.24, 2.45) is 5.92 Å². The van der Waals surface area contributed by atoms with Crippen molar-refractivity contribution in [3.05, 3.63) is 119 Å². The Morgan fingerprint density at radius 1 is 0.575 bits per heavy atom. The maximum absolute atomic E-state index is 14.6. The summed E-state index contributed by atoms with van der Waals surface area (Å²) in [6.07, 6.45) is 0.0806. The number of rotatable bonds is 12. The van der Waals surface area contributed by atoms with E-state index in [1.807, 2.05) is 86.6 Å². The number of hydrogen-bond donors (Lipinski definition) is 4. The molecule has 24 heteroatoms. The van der Waals surface area contributed by atoms with Crippen LogP contribution < -0.4 is 29.6 Å². The van der Waals surface area contributed by atoms with Crippen molar-refractivity contribution in [2.45, 2.75) is 136 Å². The molecule has 4 N–H and O–H groups in total. The lowest BCUT2D eigenvalue weighted by Crippen LogP contribution is -2.52. The van der Waals surface area contributed by atoms with Gasteiger partial charge in [0, 0.05) is 39.0 Å². The SMILES string of the molecule is CC(C)C(NC(=O)OC(C)(C)C)C(=O)N1C[C@H](OC(=O)N2Cc3cc4c(cc3C2)OCO4)C[C@H]1c1ncc(-c2ccc(-c3ccc(-c4cnc([C@@H]5C[C@@H](OC(=O)N6Cc7cc8c(cc7C6)OCO8)CN5C(=O)CNC(=O)OC(C)(C)C)[nH]4)cc3)cc2)[nH]1. The molecule has 12 rings (SSSR count). The summed E-state index contributed by atoms with van der Waals surface area (Å²) in [5.74, 6) is 2.45. The number of imidazole rings is 2. The van der Waals surface area contributed by atoms with E-state index < -0.39 is 71.8 Å². The third-order valence-corrected chi connectivity index (χ3v) is 15.9. The van der Waals surface area contributed by atoms with Gasteiger partial charge in [0.15, 0.2) is 23.0 Å². The van der Waals surface area contributed by atoms with Crippen LogP contribution in [0.1, 0.15) is 114 Å². The number of benzene rings is 4. The minimum absolute atomic E-state index is 0.0670. The number of H-pyrrole nitrogens is 2. The summed E-state index contributed by atoms with van der Waals surface area (Å²) in [4.78, 5) is 104. The van der Waals surface area contributed by atoms with Gasteiger partial charge in [0.05, 0.1) is 49.0 Å². The zero-order chi connectivity index (χ0) is 61.1. The van der Waals surface area contributed by atoms with Crippen LogP contribution in [-0.4, -0.2) is 138 Å². The number of amides is 6. The molecule has 0 saturated carbocycles. The molecule has 6 amide bonds. The predicted octanol–water partition coefficient (Wildman–Crippen LogP) is 9.25. The lowest BCUT2D eigenvalue weighted by atomic mass is 10.0. The first-order valence-electron chi connectivity index (χ1n) is 29.2. The number of fused-ring (bicyclic) bond motifs is 4. The van der Waals surface area contributed by atoms with Gasteiger partial charge in [-0.05, 0) is 116 Å². The highest BCUT2D eigenvalue weighted by Crippen LogP contribution is 2.42. The molecule has 0 aliphatic carbocycles. The number of alkyl carbamates (subject to hydrolysis) is 2. The zero-order valence-electron chi connectivity index (χ0n) is 49.7. The van der Waals surface area contributed by atoms with E-state index in [9.17, 15) is 28.8 Å². The molecule has 1 unspecified atom stereocenters. The summed E-state index contributed by atoms with van der Waals surface area (Å²) >= 11 is 0. The molecule has 6 aliphatic heterocycles. The minimum atomic E-state index is -0.950. The summed E-state index contributed by atoms with van der Waals surface area (Å²) in [5, 5.41) is 5.35. The fourth-order valence-electron chi connectivity index (χ4n) is 11.8. The van der Waals surface area contributed by atoms with Gasteiger partial charge in [-0.3, -0.25) is 19.4 Å². The second-order valence-corrected chi connectivity index (χ2v) is 25.0. The minimum Gasteiger partial charge on any atom is -0.454 e. The van der Waals surface area contributed by atoms with Crippen LogP contribution in [0.25, 0.3) is 33.6 Å². The predicted molar refractivity (Wildman–Crippen MR) is 312 cm³/mol. The Balaban J connectivity index is 0.715. The average molecular weight is 1190 g/mol. The van der Waals surface area contributed by atoms with E-state index >= 15 is 0 Å². The topological polar surface area (TPSA) is 271 Å². The van der Waals surface area contributed by atoms with Crippen LogP contribution >= 0.6 is 0 Å². The molecule has 6 aromatic rings. The van der Waals surface area contributed by atoms with Gasteiger partial charge in [0.2, 0.25) is 25.4 Å². The smallest absolute Gasteiger partial charge is 0.410 e. The van der Waals surface area contributed by atoms with Crippen LogP contribution in [0.15, 0.2) is 85.2 Å². The van der Waals surface area contributed by atoms with Gasteiger partial charge in [-0.1, -0.05) is 62.4 Å². The van der Waals surface area contributed by atoms with Crippen molar-refractivity contribution in [3.8, 4) is 56.6 Å². The fourth-order valence-corrected chi connectivity index (χ4v) is 11.8. The van der Waals surface area contributed by atoms with E-state index in [1.165, 1.54) is 0 Å². The van der Waals surface area contributed by atoms with Crippen molar-refractivity contribution in [1.82, 2.24) is 50.2 Å². The number of aromatic amines is 2. The highest BCUT2D eigenvalue weighted by atomic mass is 16.7. The number of aromatic nitrogens is 4. The van der Waals surface area contributed by atoms with Crippen LogP contribution in [-0.2, 0) is 54.7 Å². The molecule has 4 aromatic carbocycles. The molecule has 2 fully saturated rings. The molecular formula is C63H70N10O14. The lowest BCUT2D eigenvalue weighted by Gasteiger charge is -2.31. The first kappa shape index (κ1) is 57.9. The van der Waals surface area contributed by atoms with Crippen LogP contribution in [0.5, 0.6) is 23.0 Å². The first-order valence-corrected chi connectivity index (χ1v) is 29.2. The van der Waals surface area contributed by atoms with E-state index in [2.05, 4.69) is 20.6 Å². The molecule has 6 aliphatic rings. The molecule has 87 heavy (non-hydrogen) atoms. The molecule has 0 spiro atoms. The number of ether oxygens (including phenoxy) is 8. The van der Waals surface area contributed by atoms with Gasteiger partial charge in [-0.2, -0.15) is 0 Å². The highest BCUT2D eigenvalue weighted by molar-refractivity contribution is 5.87. The van der Waals surface area contributed by atoms with E-state index in [0.717, 1.165) is 44.5 Å². The zero-order valence-corrected chi connectivity index (χ0v) is 49.7. The van der Waals surface area contributed by atoms with Crippen molar-refractivity contribution < 1.29 is 66.7 Å². The third kappa shape index (κ3) is 12.6. The fraction of sp³-hybridized carbons (Fsp3) is 0.429. The van der Waals surface area contributed by atoms with E-state index in [1.54, 1.807) is 73.5 Å². The van der Waals surface area contributed by atoms with Gasteiger partial charge in [0.25, 0.3) is 0 Å². The number of nitrogens with zero attached hydrogens (tertiary/aromatic N) is 6. The molecule has 5 atom stereocenters. The van der Waals surface area contributed by atoms with Crippen LogP contribution in [0.3, 0.4) is 0 Å². The summed E-state index contributed by atoms with van der Waals surface area (Å²) in [7, 11) is 0. The second-order valence-electron chi connectivity index (χ2n) is 25.0. The molecular weight excluding hydrogens is 1120 g/mol. The Morgan fingerprint density at radius 3 is 1.38 bits per heavy atom. The van der Waals surface area contributed by atoms with Crippen molar-refractivity contribution in [1.29, 1.82) is 0 Å². The van der Waals surface area contributed by atoms with E-state index in [-0.39, 0.29) is 57.9 Å². The van der Waals surface area contributed by atoms with E-state index in [0.29, 0.717) is 72.2 Å². The molecule has 24 nitrogen and oxygen atoms in total. The number of carbonyl (C=O) groups is 6. The maximum atomic E-state index is 14.6. The number of hydrogen-bond acceptors (Lipinski definition) is 16. The van der Waals surface area contributed by atoms with Gasteiger partial charge < -0.3 is 68.3 Å². The number of carbonyl (C=O) groups excluding carboxylic acids is 6. The Labute approximate surface area is 502 Å². The summed E-state index contributed by atoms with van der Waals surface area (Å²) < 4.78 is 45.3. The highest BCUT2D eigenvalue weighted by Gasteiger charge is 2.45. The molecule has 2 saturated heterocycles. The first-order chi connectivity index (χ1) is 41.5. The van der Waals surface area contributed by atoms with Crippen LogP contribution in [0.4, 0.5) is 19.2 Å². The molecule has 0 radical (unpaired) electrons. The lowest BCUT2D eigenvalue weighted by molar-refractivity contribution is -0.136. The number of nitrogens with one attached hydrogen (secondary N) is 4. The van der Waals surface area contributed by atoms with Crippen molar-refractivity contribution in [3.63, 3.8) is 0 Å². The Kier molecular flexibility index (Phi) is 15.4. The van der Waals surface area contributed by atoms with Crippen molar-refractivity contribution >= 4 is 36.2 Å². The quantitative estimate of drug-likeness (QED) is 0.0831. The second kappa shape index (κ2) is 23.1. The Hall–Kier alpha value is -9.48. The largest absolute Gasteiger partial charge is 0.454 e. The van der Waals surface area contributed by atoms with E-state index in [4.69, 9.17) is 47.9 Å². The molecule has 0 bridgehead atoms. The monoisotopic (exact) mass is 1190 g/mol. The summed E-state index contributed by atoms with van der Waals surface area (Å²) in [6, 6.07) is 21.3. The Bertz CT molecular complexity index is 3580. The molecule has 456 valence electrons. The Morgan fingerprint density at radius 2 is 0.966 bits per heavy atom. The molecule has 2 aromatic heterocycles. The molecule has 8 heterocycles. The average Bonchev–Trinajstić information content (AvgIpc) is 2.51. The normalized spacial score (nSPS) is 19.5.